The summed E-state index contributed by atoms with van der Waals surface area (Å²) in [7, 11) is 1.71. The van der Waals surface area contributed by atoms with Gasteiger partial charge in [-0.1, -0.05) is 48.5 Å². The lowest BCUT2D eigenvalue weighted by Crippen LogP contribution is -2.51. The van der Waals surface area contributed by atoms with Crippen LogP contribution in [0.25, 0.3) is 11.1 Å². The number of hydrogen-bond donors (Lipinski definition) is 2. The van der Waals surface area contributed by atoms with Gasteiger partial charge in [0.15, 0.2) is 0 Å². The van der Waals surface area contributed by atoms with E-state index in [1.807, 2.05) is 36.4 Å². The van der Waals surface area contributed by atoms with Crippen molar-refractivity contribution in [3.63, 3.8) is 0 Å². The first kappa shape index (κ1) is 31.4. The first-order chi connectivity index (χ1) is 18.7. The van der Waals surface area contributed by atoms with Gasteiger partial charge in [0.25, 0.3) is 0 Å². The van der Waals surface area contributed by atoms with Gasteiger partial charge < -0.3 is 20.3 Å². The minimum Gasteiger partial charge on any atom is -0.496 e. The van der Waals surface area contributed by atoms with Crippen LogP contribution >= 0.6 is 24.8 Å². The quantitative estimate of drug-likeness (QED) is 0.383. The monoisotopic (exact) mass is 580 g/mol. The lowest BCUT2D eigenvalue weighted by Gasteiger charge is -2.41. The molecule has 2 atom stereocenters. The number of halogens is 2. The molecule has 3 aromatic rings. The Bertz CT molecular complexity index is 1270. The van der Waals surface area contributed by atoms with Gasteiger partial charge in [-0.2, -0.15) is 5.26 Å². The fraction of sp³-hybridized carbons (Fsp3) is 0.375. The standard InChI is InChI=1S/C32H36N4O2.2ClH/c1-38-31-12-11-27(24-9-7-23(20-33)8-10-24)19-28(31)21-35-30-15-18-36(32(37)26-13-16-34-17-14-26)22-29(30)25-5-3-2-4-6-25;;/h2-12,19,26,29-30,34-35H,13-18,21-22H2,1H3;2*1H/t29-,30-;;/m0../s1. The third kappa shape index (κ3) is 7.35. The molecule has 2 fully saturated rings. The molecule has 0 bridgehead atoms. The summed E-state index contributed by atoms with van der Waals surface area (Å²) in [5.41, 5.74) is 5.18. The van der Waals surface area contributed by atoms with Crippen LogP contribution in [-0.4, -0.2) is 50.1 Å². The van der Waals surface area contributed by atoms with Gasteiger partial charge in [-0.25, -0.2) is 0 Å². The van der Waals surface area contributed by atoms with Crippen LogP contribution in [0.3, 0.4) is 0 Å². The summed E-state index contributed by atoms with van der Waals surface area (Å²) < 4.78 is 5.70. The molecule has 5 rings (SSSR count). The number of nitrogens with zero attached hydrogens (tertiary/aromatic N) is 2. The van der Waals surface area contributed by atoms with Crippen molar-refractivity contribution in [1.29, 1.82) is 5.26 Å². The van der Waals surface area contributed by atoms with Gasteiger partial charge in [0.05, 0.1) is 18.7 Å². The zero-order valence-electron chi connectivity index (χ0n) is 22.8. The number of rotatable bonds is 7. The molecule has 1 amide bonds. The van der Waals surface area contributed by atoms with E-state index < -0.39 is 0 Å². The highest BCUT2D eigenvalue weighted by atomic mass is 35.5. The van der Waals surface area contributed by atoms with Gasteiger partial charge in [0, 0.05) is 43.1 Å². The number of methoxy groups -OCH3 is 1. The molecule has 40 heavy (non-hydrogen) atoms. The molecule has 8 heteroatoms. The molecule has 0 aliphatic carbocycles. The van der Waals surface area contributed by atoms with Gasteiger partial charge in [-0.15, -0.1) is 24.8 Å². The Morgan fingerprint density at radius 3 is 2.38 bits per heavy atom. The zero-order valence-corrected chi connectivity index (χ0v) is 24.5. The third-order valence-electron chi connectivity index (χ3n) is 8.02. The second-order valence-electron chi connectivity index (χ2n) is 10.3. The number of nitriles is 1. The van der Waals surface area contributed by atoms with E-state index in [4.69, 9.17) is 10.00 Å². The van der Waals surface area contributed by atoms with Gasteiger partial charge in [-0.3, -0.25) is 4.79 Å². The Balaban J connectivity index is 0.00000220. The molecule has 3 aromatic carbocycles. The largest absolute Gasteiger partial charge is 0.496 e. The van der Waals surface area contributed by atoms with Crippen LogP contribution in [0.5, 0.6) is 5.75 Å². The maximum absolute atomic E-state index is 13.4. The summed E-state index contributed by atoms with van der Waals surface area (Å²) >= 11 is 0. The Labute approximate surface area is 249 Å². The summed E-state index contributed by atoms with van der Waals surface area (Å²) in [6.07, 6.45) is 2.78. The minimum absolute atomic E-state index is 0. The summed E-state index contributed by atoms with van der Waals surface area (Å²) in [6, 6.07) is 26.9. The lowest BCUT2D eigenvalue weighted by atomic mass is 9.84. The van der Waals surface area contributed by atoms with E-state index in [0.717, 1.165) is 67.9 Å². The third-order valence-corrected chi connectivity index (χ3v) is 8.02. The smallest absolute Gasteiger partial charge is 0.225 e. The molecule has 0 radical (unpaired) electrons. The van der Waals surface area contributed by atoms with Gasteiger partial charge in [0.1, 0.15) is 5.75 Å². The molecule has 212 valence electrons. The van der Waals surface area contributed by atoms with Crippen molar-refractivity contribution in [2.45, 2.75) is 37.8 Å². The molecule has 6 nitrogen and oxygen atoms in total. The number of amides is 1. The predicted octanol–water partition coefficient (Wildman–Crippen LogP) is 5.55. The number of piperidine rings is 2. The van der Waals surface area contributed by atoms with E-state index in [2.05, 4.69) is 58.0 Å². The summed E-state index contributed by atoms with van der Waals surface area (Å²) in [4.78, 5) is 15.5. The van der Waals surface area contributed by atoms with E-state index >= 15 is 0 Å². The Kier molecular flexibility index (Phi) is 11.8. The first-order valence-corrected chi connectivity index (χ1v) is 13.6. The molecular weight excluding hydrogens is 543 g/mol. The van der Waals surface area contributed by atoms with Crippen LogP contribution in [0.4, 0.5) is 0 Å². The van der Waals surface area contributed by atoms with Crippen LogP contribution in [-0.2, 0) is 11.3 Å². The number of nitrogens with one attached hydrogen (secondary N) is 2. The van der Waals surface area contributed by atoms with Crippen molar-refractivity contribution in [3.05, 3.63) is 89.5 Å². The van der Waals surface area contributed by atoms with E-state index in [1.54, 1.807) is 7.11 Å². The highest BCUT2D eigenvalue weighted by Crippen LogP contribution is 2.31. The molecule has 0 unspecified atom stereocenters. The highest BCUT2D eigenvalue weighted by Gasteiger charge is 2.35. The lowest BCUT2D eigenvalue weighted by molar-refractivity contribution is -0.137. The van der Waals surface area contributed by atoms with Gasteiger partial charge >= 0.3 is 0 Å². The van der Waals surface area contributed by atoms with Crippen molar-refractivity contribution < 1.29 is 9.53 Å². The van der Waals surface area contributed by atoms with Crippen molar-refractivity contribution in [3.8, 4) is 22.9 Å². The second-order valence-corrected chi connectivity index (χ2v) is 10.3. The molecule has 2 N–H and O–H groups in total. The number of likely N-dealkylation sites (tertiary alicyclic amines) is 1. The van der Waals surface area contributed by atoms with Gasteiger partial charge in [-0.05, 0) is 73.3 Å². The average molecular weight is 582 g/mol. The molecule has 2 heterocycles. The number of hydrogen-bond acceptors (Lipinski definition) is 5. The minimum atomic E-state index is 0. The molecule has 0 spiro atoms. The molecule has 2 aliphatic rings. The number of carbonyl (C=O) groups excluding carboxylic acids is 1. The Hall–Kier alpha value is -3.08. The molecule has 0 saturated carbocycles. The van der Waals surface area contributed by atoms with Gasteiger partial charge in [0.2, 0.25) is 5.91 Å². The van der Waals surface area contributed by atoms with Crippen LogP contribution in [0.2, 0.25) is 0 Å². The predicted molar refractivity (Wildman–Crippen MR) is 164 cm³/mol. The number of ether oxygens (including phenoxy) is 1. The van der Waals surface area contributed by atoms with E-state index in [0.29, 0.717) is 18.0 Å². The van der Waals surface area contributed by atoms with Crippen LogP contribution in [0.1, 0.15) is 41.9 Å². The SMILES string of the molecule is COc1ccc(-c2ccc(C#N)cc2)cc1CN[C@H]1CCN(C(=O)C2CCNCC2)C[C@H]1c1ccccc1.Cl.Cl. The van der Waals surface area contributed by atoms with Crippen molar-refractivity contribution in [2.24, 2.45) is 5.92 Å². The summed E-state index contributed by atoms with van der Waals surface area (Å²) in [5.74, 6) is 1.54. The number of carbonyl (C=O) groups is 1. The molecule has 2 aliphatic heterocycles. The first-order valence-electron chi connectivity index (χ1n) is 13.6. The van der Waals surface area contributed by atoms with Crippen LogP contribution in [0, 0.1) is 17.2 Å². The second kappa shape index (κ2) is 15.1. The van der Waals surface area contributed by atoms with Crippen LogP contribution < -0.4 is 15.4 Å². The van der Waals surface area contributed by atoms with E-state index in [9.17, 15) is 4.79 Å². The molecule has 2 saturated heterocycles. The maximum Gasteiger partial charge on any atom is 0.225 e. The van der Waals surface area contributed by atoms with Crippen molar-refractivity contribution in [2.75, 3.05) is 33.3 Å². The fourth-order valence-electron chi connectivity index (χ4n) is 5.84. The highest BCUT2D eigenvalue weighted by molar-refractivity contribution is 5.85. The Morgan fingerprint density at radius 2 is 1.70 bits per heavy atom. The topological polar surface area (TPSA) is 77.4 Å². The van der Waals surface area contributed by atoms with Crippen LogP contribution in [0.15, 0.2) is 72.8 Å². The van der Waals surface area contributed by atoms with Crippen molar-refractivity contribution in [1.82, 2.24) is 15.5 Å². The normalized spacial score (nSPS) is 19.1. The average Bonchev–Trinajstić information content (AvgIpc) is 3.00. The molecule has 0 aromatic heterocycles. The van der Waals surface area contributed by atoms with E-state index in [-0.39, 0.29) is 42.7 Å². The summed E-state index contributed by atoms with van der Waals surface area (Å²) in [5, 5.41) is 16.3. The Morgan fingerprint density at radius 1 is 1.00 bits per heavy atom. The fourth-order valence-corrected chi connectivity index (χ4v) is 5.84. The summed E-state index contributed by atoms with van der Waals surface area (Å²) in [6.45, 7) is 4.06. The number of benzene rings is 3. The van der Waals surface area contributed by atoms with Crippen molar-refractivity contribution >= 4 is 30.7 Å². The zero-order chi connectivity index (χ0) is 26.3. The van der Waals surface area contributed by atoms with E-state index in [1.165, 1.54) is 5.56 Å². The molecular formula is C32H38Cl2N4O2. The maximum atomic E-state index is 13.4.